The van der Waals surface area contributed by atoms with Crippen molar-refractivity contribution in [1.82, 2.24) is 4.98 Å². The molecule has 0 unspecified atom stereocenters. The third-order valence-corrected chi connectivity index (χ3v) is 4.33. The number of nitrogens with one attached hydrogen (secondary N) is 2. The lowest BCUT2D eigenvalue weighted by Crippen LogP contribution is -2.16. The number of carbonyl (C=O) groups is 1. The second kappa shape index (κ2) is 8.91. The van der Waals surface area contributed by atoms with Crippen molar-refractivity contribution in [2.45, 2.75) is 13.3 Å². The van der Waals surface area contributed by atoms with E-state index in [1.165, 1.54) is 12.2 Å². The lowest BCUT2D eigenvalue weighted by Gasteiger charge is -2.07. The highest BCUT2D eigenvalue weighted by atomic mass is 16.4. The van der Waals surface area contributed by atoms with Gasteiger partial charge in [0.05, 0.1) is 11.1 Å². The van der Waals surface area contributed by atoms with Gasteiger partial charge in [0.1, 0.15) is 11.7 Å². The van der Waals surface area contributed by atoms with Crippen LogP contribution in [0, 0.1) is 10.8 Å². The van der Waals surface area contributed by atoms with E-state index >= 15 is 0 Å². The van der Waals surface area contributed by atoms with Crippen molar-refractivity contribution >= 4 is 34.3 Å². The topological polar surface area (TPSA) is 136 Å². The van der Waals surface area contributed by atoms with E-state index in [0.717, 1.165) is 27.6 Å². The summed E-state index contributed by atoms with van der Waals surface area (Å²) < 4.78 is 0. The molecule has 1 aromatic heterocycles. The Morgan fingerprint density at radius 1 is 1.13 bits per heavy atom. The molecule has 0 atom stereocenters. The third kappa shape index (κ3) is 5.23. The molecule has 0 aliphatic carbocycles. The molecule has 0 fully saturated rings. The van der Waals surface area contributed by atoms with E-state index in [9.17, 15) is 9.90 Å². The van der Waals surface area contributed by atoms with Crippen LogP contribution < -0.4 is 5.73 Å². The van der Waals surface area contributed by atoms with Crippen molar-refractivity contribution in [1.29, 1.82) is 10.8 Å². The first-order valence-electron chi connectivity index (χ1n) is 9.19. The fourth-order valence-corrected chi connectivity index (χ4v) is 2.93. The number of nitrogens with zero attached hydrogens (tertiary/aromatic N) is 2. The molecule has 3 aromatic rings. The highest BCUT2D eigenvalue weighted by molar-refractivity contribution is 6.04. The number of aromatic carboxylic acids is 1. The number of hydrogen-bond donors (Lipinski definition) is 4. The molecule has 0 aliphatic rings. The van der Waals surface area contributed by atoms with Crippen molar-refractivity contribution in [3.05, 3.63) is 78.0 Å². The molecule has 1 heterocycles. The number of pyridine rings is 1. The van der Waals surface area contributed by atoms with Crippen molar-refractivity contribution in [3.63, 3.8) is 0 Å². The molecule has 7 heteroatoms. The zero-order chi connectivity index (χ0) is 21.7. The van der Waals surface area contributed by atoms with Crippen LogP contribution in [0.3, 0.4) is 0 Å². The first kappa shape index (κ1) is 20.6. The number of carboxylic acid groups (broad SMARTS) is 1. The Morgan fingerprint density at radius 2 is 1.93 bits per heavy atom. The van der Waals surface area contributed by atoms with Gasteiger partial charge in [-0.1, -0.05) is 18.2 Å². The van der Waals surface area contributed by atoms with E-state index in [1.807, 2.05) is 30.3 Å². The summed E-state index contributed by atoms with van der Waals surface area (Å²) >= 11 is 0. The summed E-state index contributed by atoms with van der Waals surface area (Å²) in [7, 11) is 0. The SMILES string of the molecule is CC(=N)/C=C\C(=N)N=C(N)Cc1ccc2ncc(-c3cccc(C(=O)O)c3)cc2c1. The van der Waals surface area contributed by atoms with Crippen LogP contribution in [0.5, 0.6) is 0 Å². The number of benzene rings is 2. The second-order valence-corrected chi connectivity index (χ2v) is 6.82. The molecule has 0 bridgehead atoms. The minimum Gasteiger partial charge on any atom is -0.478 e. The summed E-state index contributed by atoms with van der Waals surface area (Å²) in [4.78, 5) is 19.7. The van der Waals surface area contributed by atoms with Crippen molar-refractivity contribution in [3.8, 4) is 11.1 Å². The Kier molecular flexibility index (Phi) is 6.12. The summed E-state index contributed by atoms with van der Waals surface area (Å²) in [5.41, 5.74) is 9.85. The first-order chi connectivity index (χ1) is 14.3. The quantitative estimate of drug-likeness (QED) is 0.367. The summed E-state index contributed by atoms with van der Waals surface area (Å²) in [6.07, 6.45) is 5.00. The molecule has 0 aliphatic heterocycles. The average molecular weight is 399 g/mol. The number of aromatic nitrogens is 1. The van der Waals surface area contributed by atoms with E-state index in [0.29, 0.717) is 18.0 Å². The Balaban J connectivity index is 1.87. The molecule has 3 rings (SSSR count). The van der Waals surface area contributed by atoms with Crippen LogP contribution in [0.25, 0.3) is 22.0 Å². The van der Waals surface area contributed by atoms with E-state index in [4.69, 9.17) is 16.6 Å². The van der Waals surface area contributed by atoms with Gasteiger partial charge in [0.2, 0.25) is 0 Å². The molecule has 0 spiro atoms. The number of nitrogens with two attached hydrogens (primary N) is 1. The lowest BCUT2D eigenvalue weighted by molar-refractivity contribution is 0.0697. The van der Waals surface area contributed by atoms with E-state index < -0.39 is 5.97 Å². The van der Waals surface area contributed by atoms with Gasteiger partial charge in [0.15, 0.2) is 0 Å². The highest BCUT2D eigenvalue weighted by Crippen LogP contribution is 2.24. The molecule has 30 heavy (non-hydrogen) atoms. The van der Waals surface area contributed by atoms with Crippen LogP contribution in [0.1, 0.15) is 22.8 Å². The largest absolute Gasteiger partial charge is 0.478 e. The maximum Gasteiger partial charge on any atom is 0.335 e. The predicted octanol–water partition coefficient (Wildman–Crippen LogP) is 4.07. The third-order valence-electron chi connectivity index (χ3n) is 4.33. The molecule has 0 saturated heterocycles. The zero-order valence-electron chi connectivity index (χ0n) is 16.4. The van der Waals surface area contributed by atoms with E-state index in [2.05, 4.69) is 9.98 Å². The number of amidine groups is 2. The van der Waals surface area contributed by atoms with Crippen molar-refractivity contribution < 1.29 is 9.90 Å². The lowest BCUT2D eigenvalue weighted by atomic mass is 10.0. The second-order valence-electron chi connectivity index (χ2n) is 6.82. The smallest absolute Gasteiger partial charge is 0.335 e. The molecular weight excluding hydrogens is 378 g/mol. The van der Waals surface area contributed by atoms with Gasteiger partial charge >= 0.3 is 5.97 Å². The number of allylic oxidation sites excluding steroid dienone is 1. The minimum absolute atomic E-state index is 0.0119. The molecule has 2 aromatic carbocycles. The Bertz CT molecular complexity index is 1210. The Morgan fingerprint density at radius 3 is 2.67 bits per heavy atom. The van der Waals surface area contributed by atoms with Gasteiger partial charge < -0.3 is 16.2 Å². The summed E-state index contributed by atoms with van der Waals surface area (Å²) in [5, 5.41) is 25.2. The number of aliphatic imine (C=N–C) groups is 1. The minimum atomic E-state index is -0.973. The summed E-state index contributed by atoms with van der Waals surface area (Å²) in [6, 6.07) is 14.4. The number of carboxylic acids is 1. The molecule has 0 radical (unpaired) electrons. The average Bonchev–Trinajstić information content (AvgIpc) is 2.71. The normalized spacial score (nSPS) is 11.7. The highest BCUT2D eigenvalue weighted by Gasteiger charge is 2.07. The van der Waals surface area contributed by atoms with Gasteiger partial charge in [-0.3, -0.25) is 10.4 Å². The first-order valence-corrected chi connectivity index (χ1v) is 9.19. The molecule has 7 nitrogen and oxygen atoms in total. The maximum atomic E-state index is 11.2. The fourth-order valence-electron chi connectivity index (χ4n) is 2.93. The van der Waals surface area contributed by atoms with Gasteiger partial charge in [0.25, 0.3) is 0 Å². The fraction of sp³-hybridized carbons (Fsp3) is 0.0870. The zero-order valence-corrected chi connectivity index (χ0v) is 16.4. The van der Waals surface area contributed by atoms with Crippen LogP contribution in [0.2, 0.25) is 0 Å². The van der Waals surface area contributed by atoms with Crippen LogP contribution in [-0.2, 0) is 6.42 Å². The van der Waals surface area contributed by atoms with Crippen LogP contribution in [-0.4, -0.2) is 33.4 Å². The van der Waals surface area contributed by atoms with Gasteiger partial charge in [0, 0.05) is 29.3 Å². The van der Waals surface area contributed by atoms with Crippen LogP contribution in [0.4, 0.5) is 0 Å². The van der Waals surface area contributed by atoms with E-state index in [1.54, 1.807) is 31.3 Å². The van der Waals surface area contributed by atoms with Gasteiger partial charge in [-0.25, -0.2) is 9.79 Å². The summed E-state index contributed by atoms with van der Waals surface area (Å²) in [5.74, 6) is -0.689. The van der Waals surface area contributed by atoms with Crippen LogP contribution in [0.15, 0.2) is 71.9 Å². The van der Waals surface area contributed by atoms with Gasteiger partial charge in [-0.05, 0) is 60.5 Å². The Hall–Kier alpha value is -4.13. The molecule has 0 saturated carbocycles. The molecular formula is C23H21N5O2. The van der Waals surface area contributed by atoms with Gasteiger partial charge in [-0.15, -0.1) is 0 Å². The Labute approximate surface area is 173 Å². The van der Waals surface area contributed by atoms with Crippen molar-refractivity contribution in [2.75, 3.05) is 0 Å². The van der Waals surface area contributed by atoms with Crippen LogP contribution >= 0.6 is 0 Å². The molecule has 150 valence electrons. The number of rotatable bonds is 6. The standard InChI is InChI=1S/C23H21N5O2/c1-14(24)5-8-21(25)28-22(26)10-15-6-7-20-18(9-15)12-19(13-27-20)16-3-2-4-17(11-16)23(29)30/h2-9,11-13,24H,10H2,1H3,(H,29,30)(H3,25,26,28)/b8-5-,24-14?. The monoisotopic (exact) mass is 399 g/mol. The maximum absolute atomic E-state index is 11.2. The predicted molar refractivity (Wildman–Crippen MR) is 120 cm³/mol. The van der Waals surface area contributed by atoms with E-state index in [-0.39, 0.29) is 11.4 Å². The summed E-state index contributed by atoms with van der Waals surface area (Å²) in [6.45, 7) is 1.62. The number of fused-ring (bicyclic) bond motifs is 1. The number of hydrogen-bond acceptors (Lipinski definition) is 4. The molecule has 0 amide bonds. The van der Waals surface area contributed by atoms with Gasteiger partial charge in [-0.2, -0.15) is 0 Å². The van der Waals surface area contributed by atoms with Crippen molar-refractivity contribution in [2.24, 2.45) is 10.7 Å². The molecule has 5 N–H and O–H groups in total.